The number of rotatable bonds is 2. The van der Waals surface area contributed by atoms with Crippen molar-refractivity contribution >= 4 is 17.5 Å². The minimum Gasteiger partial charge on any atom is -0.382 e. The van der Waals surface area contributed by atoms with Crippen molar-refractivity contribution in [1.29, 1.82) is 0 Å². The number of hydrogen-bond donors (Lipinski definition) is 2. The SMILES string of the molecule is CC(=O)c1cnc(C(N)=O)c(N)n1. The topological polar surface area (TPSA) is 112 Å². The molecule has 0 bridgehead atoms. The summed E-state index contributed by atoms with van der Waals surface area (Å²) in [5.41, 5.74) is 10.3. The number of carbonyl (C=O) groups excluding carboxylic acids is 2. The Bertz CT molecular complexity index is 375. The number of carbonyl (C=O) groups is 2. The molecule has 0 radical (unpaired) electrons. The van der Waals surface area contributed by atoms with E-state index in [1.54, 1.807) is 0 Å². The van der Waals surface area contributed by atoms with Crippen molar-refractivity contribution < 1.29 is 9.59 Å². The summed E-state index contributed by atoms with van der Waals surface area (Å²) in [5.74, 6) is -1.16. The lowest BCUT2D eigenvalue weighted by molar-refractivity contribution is 0.0987. The first kappa shape index (κ1) is 9.11. The fourth-order valence-corrected chi connectivity index (χ4v) is 0.763. The molecule has 0 aromatic carbocycles. The lowest BCUT2D eigenvalue weighted by Gasteiger charge is -2.00. The Morgan fingerprint density at radius 2 is 2.08 bits per heavy atom. The van der Waals surface area contributed by atoms with Crippen LogP contribution >= 0.6 is 0 Å². The monoisotopic (exact) mass is 180 g/mol. The van der Waals surface area contributed by atoms with Gasteiger partial charge in [-0.05, 0) is 0 Å². The predicted octanol–water partition coefficient (Wildman–Crippen LogP) is -0.640. The molecule has 0 saturated carbocycles. The summed E-state index contributed by atoms with van der Waals surface area (Å²) in [5, 5.41) is 0. The Morgan fingerprint density at radius 3 is 2.46 bits per heavy atom. The quantitative estimate of drug-likeness (QED) is 0.588. The Balaban J connectivity index is 3.20. The van der Waals surface area contributed by atoms with Gasteiger partial charge >= 0.3 is 0 Å². The number of nitrogen functional groups attached to an aromatic ring is 1. The maximum absolute atomic E-state index is 10.8. The van der Waals surface area contributed by atoms with Crippen molar-refractivity contribution in [2.45, 2.75) is 6.92 Å². The molecule has 0 atom stereocenters. The number of Topliss-reactive ketones (excluding diaryl/α,β-unsaturated/α-hetero) is 1. The van der Waals surface area contributed by atoms with E-state index in [2.05, 4.69) is 9.97 Å². The molecule has 0 aliphatic rings. The number of ketones is 1. The molecule has 4 N–H and O–H groups in total. The highest BCUT2D eigenvalue weighted by Gasteiger charge is 2.11. The molecule has 68 valence electrons. The average Bonchev–Trinajstić information content (AvgIpc) is 2.03. The summed E-state index contributed by atoms with van der Waals surface area (Å²) in [6.07, 6.45) is 1.17. The number of nitrogens with two attached hydrogens (primary N) is 2. The number of anilines is 1. The molecule has 13 heavy (non-hydrogen) atoms. The van der Waals surface area contributed by atoms with Crippen LogP contribution in [0.25, 0.3) is 0 Å². The molecule has 0 aliphatic heterocycles. The van der Waals surface area contributed by atoms with Crippen LogP contribution in [0.2, 0.25) is 0 Å². The molecule has 1 rings (SSSR count). The van der Waals surface area contributed by atoms with E-state index in [1.807, 2.05) is 0 Å². The fraction of sp³-hybridized carbons (Fsp3) is 0.143. The minimum absolute atomic E-state index is 0.113. The molecular weight excluding hydrogens is 172 g/mol. The van der Waals surface area contributed by atoms with Gasteiger partial charge in [0.05, 0.1) is 6.20 Å². The standard InChI is InChI=1S/C7H8N4O2/c1-3(12)4-2-10-5(7(9)13)6(8)11-4/h2H,1H3,(H2,8,11)(H2,9,13). The lowest BCUT2D eigenvalue weighted by atomic mass is 10.3. The third kappa shape index (κ3) is 1.78. The van der Waals surface area contributed by atoms with Gasteiger partial charge in [0.1, 0.15) is 5.69 Å². The van der Waals surface area contributed by atoms with Crippen LogP contribution in [-0.4, -0.2) is 21.7 Å². The highest BCUT2D eigenvalue weighted by Crippen LogP contribution is 2.05. The summed E-state index contributed by atoms with van der Waals surface area (Å²) in [7, 11) is 0. The first-order valence-corrected chi connectivity index (χ1v) is 3.45. The molecule has 6 heteroatoms. The highest BCUT2D eigenvalue weighted by atomic mass is 16.1. The van der Waals surface area contributed by atoms with Crippen LogP contribution in [0.5, 0.6) is 0 Å². The molecule has 1 aromatic rings. The Labute approximate surface area is 74.0 Å². The lowest BCUT2D eigenvalue weighted by Crippen LogP contribution is -2.17. The van der Waals surface area contributed by atoms with Crippen molar-refractivity contribution in [3.8, 4) is 0 Å². The molecule has 0 saturated heterocycles. The third-order valence-electron chi connectivity index (χ3n) is 1.39. The van der Waals surface area contributed by atoms with E-state index >= 15 is 0 Å². The first-order chi connectivity index (χ1) is 6.02. The van der Waals surface area contributed by atoms with Gasteiger partial charge in [-0.25, -0.2) is 9.97 Å². The molecular formula is C7H8N4O2. The number of nitrogens with zero attached hydrogens (tertiary/aromatic N) is 2. The van der Waals surface area contributed by atoms with Crippen molar-refractivity contribution in [3.05, 3.63) is 17.6 Å². The molecule has 0 spiro atoms. The van der Waals surface area contributed by atoms with Crippen LogP contribution < -0.4 is 11.5 Å². The molecule has 1 heterocycles. The largest absolute Gasteiger partial charge is 0.382 e. The molecule has 1 aromatic heterocycles. The normalized spacial score (nSPS) is 9.62. The van der Waals surface area contributed by atoms with E-state index in [9.17, 15) is 9.59 Å². The molecule has 0 aliphatic carbocycles. The van der Waals surface area contributed by atoms with E-state index < -0.39 is 5.91 Å². The fourth-order valence-electron chi connectivity index (χ4n) is 0.763. The van der Waals surface area contributed by atoms with Gasteiger partial charge in [0, 0.05) is 6.92 Å². The van der Waals surface area contributed by atoms with Gasteiger partial charge in [-0.15, -0.1) is 0 Å². The highest BCUT2D eigenvalue weighted by molar-refractivity contribution is 5.97. The minimum atomic E-state index is -0.764. The number of hydrogen-bond acceptors (Lipinski definition) is 5. The maximum Gasteiger partial charge on any atom is 0.271 e. The van der Waals surface area contributed by atoms with Gasteiger partial charge in [-0.3, -0.25) is 9.59 Å². The van der Waals surface area contributed by atoms with Crippen LogP contribution in [-0.2, 0) is 0 Å². The Kier molecular flexibility index (Phi) is 2.23. The van der Waals surface area contributed by atoms with Gasteiger partial charge in [-0.1, -0.05) is 0 Å². The molecule has 1 amide bonds. The van der Waals surface area contributed by atoms with Gasteiger partial charge in [0.25, 0.3) is 5.91 Å². The van der Waals surface area contributed by atoms with Crippen LogP contribution in [0.15, 0.2) is 6.20 Å². The van der Waals surface area contributed by atoms with E-state index in [4.69, 9.17) is 11.5 Å². The summed E-state index contributed by atoms with van der Waals surface area (Å²) in [4.78, 5) is 28.7. The van der Waals surface area contributed by atoms with Crippen LogP contribution in [0.1, 0.15) is 27.9 Å². The molecule has 6 nitrogen and oxygen atoms in total. The Morgan fingerprint density at radius 1 is 1.46 bits per heavy atom. The summed E-state index contributed by atoms with van der Waals surface area (Å²) in [6, 6.07) is 0. The number of amides is 1. The number of aromatic nitrogens is 2. The van der Waals surface area contributed by atoms with E-state index in [0.717, 1.165) is 0 Å². The van der Waals surface area contributed by atoms with Crippen LogP contribution in [0, 0.1) is 0 Å². The second-order valence-corrected chi connectivity index (χ2v) is 2.41. The van der Waals surface area contributed by atoms with Crippen molar-refractivity contribution in [2.75, 3.05) is 5.73 Å². The zero-order valence-electron chi connectivity index (χ0n) is 6.94. The zero-order chi connectivity index (χ0) is 10.0. The second kappa shape index (κ2) is 3.18. The zero-order valence-corrected chi connectivity index (χ0v) is 6.94. The van der Waals surface area contributed by atoms with Crippen molar-refractivity contribution in [1.82, 2.24) is 9.97 Å². The van der Waals surface area contributed by atoms with Gasteiger partial charge in [0.15, 0.2) is 17.3 Å². The van der Waals surface area contributed by atoms with E-state index in [0.29, 0.717) is 0 Å². The Hall–Kier alpha value is -1.98. The first-order valence-electron chi connectivity index (χ1n) is 3.45. The summed E-state index contributed by atoms with van der Waals surface area (Å²) in [6.45, 7) is 1.33. The van der Waals surface area contributed by atoms with Crippen molar-refractivity contribution in [2.24, 2.45) is 5.73 Å². The molecule has 0 fully saturated rings. The van der Waals surface area contributed by atoms with E-state index in [1.165, 1.54) is 13.1 Å². The maximum atomic E-state index is 10.8. The van der Waals surface area contributed by atoms with Gasteiger partial charge in [-0.2, -0.15) is 0 Å². The second-order valence-electron chi connectivity index (χ2n) is 2.41. The van der Waals surface area contributed by atoms with Gasteiger partial charge < -0.3 is 11.5 Å². The summed E-state index contributed by atoms with van der Waals surface area (Å²) >= 11 is 0. The predicted molar refractivity (Wildman–Crippen MR) is 45.0 cm³/mol. The van der Waals surface area contributed by atoms with Crippen LogP contribution in [0.3, 0.4) is 0 Å². The smallest absolute Gasteiger partial charge is 0.271 e. The van der Waals surface area contributed by atoms with E-state index in [-0.39, 0.29) is 23.0 Å². The van der Waals surface area contributed by atoms with Crippen molar-refractivity contribution in [3.63, 3.8) is 0 Å². The average molecular weight is 180 g/mol. The molecule has 0 unspecified atom stereocenters. The summed E-state index contributed by atoms with van der Waals surface area (Å²) < 4.78 is 0. The van der Waals surface area contributed by atoms with Gasteiger partial charge in [0.2, 0.25) is 0 Å². The third-order valence-corrected chi connectivity index (χ3v) is 1.39. The number of primary amides is 1. The van der Waals surface area contributed by atoms with Crippen LogP contribution in [0.4, 0.5) is 5.82 Å².